The van der Waals surface area contributed by atoms with Crippen LogP contribution in [0.3, 0.4) is 0 Å². The minimum absolute atomic E-state index is 0.123. The van der Waals surface area contributed by atoms with Crippen LogP contribution in [0.4, 0.5) is 4.79 Å². The van der Waals surface area contributed by atoms with Gasteiger partial charge in [-0.1, -0.05) is 13.0 Å². The highest BCUT2D eigenvalue weighted by Crippen LogP contribution is 2.38. The molecule has 29 heavy (non-hydrogen) atoms. The van der Waals surface area contributed by atoms with Crippen LogP contribution in [-0.2, 0) is 6.42 Å². The van der Waals surface area contributed by atoms with Crippen LogP contribution in [0.25, 0.3) is 0 Å². The summed E-state index contributed by atoms with van der Waals surface area (Å²) in [6, 6.07) is 7.09. The van der Waals surface area contributed by atoms with Crippen LogP contribution in [0.15, 0.2) is 29.6 Å². The molecular weight excluding hydrogens is 390 g/mol. The maximum absolute atomic E-state index is 12.8. The van der Waals surface area contributed by atoms with Gasteiger partial charge >= 0.3 is 6.03 Å². The molecule has 0 saturated heterocycles. The number of nitrogens with zero attached hydrogens (tertiary/aromatic N) is 1. The Bertz CT molecular complexity index is 854. The van der Waals surface area contributed by atoms with Gasteiger partial charge in [0.2, 0.25) is 0 Å². The van der Waals surface area contributed by atoms with Crippen LogP contribution >= 0.6 is 11.3 Å². The maximum Gasteiger partial charge on any atom is 0.317 e. The highest BCUT2D eigenvalue weighted by molar-refractivity contribution is 7.12. The summed E-state index contributed by atoms with van der Waals surface area (Å²) >= 11 is 1.39. The number of urea groups is 1. The molecule has 1 aliphatic rings. The second-order valence-corrected chi connectivity index (χ2v) is 7.73. The lowest BCUT2D eigenvalue weighted by atomic mass is 9.91. The lowest BCUT2D eigenvalue weighted by Crippen LogP contribution is -2.49. The normalized spacial score (nSPS) is 15.4. The summed E-state index contributed by atoms with van der Waals surface area (Å²) in [5.74, 6) is 1.13. The van der Waals surface area contributed by atoms with Gasteiger partial charge in [0.15, 0.2) is 11.5 Å². The standard InChI is InChI=1S/C21H27N3O4S/c1-4-8-22-21(26)24-9-7-14-11-17(27-2)18(28-3)12-15(14)16(24)13-23-20(25)19-6-5-10-29-19/h5-6,10-12,16H,4,7-9,13H2,1-3H3,(H,22,26)(H,23,25). The largest absolute Gasteiger partial charge is 0.493 e. The van der Waals surface area contributed by atoms with Crippen molar-refractivity contribution in [2.45, 2.75) is 25.8 Å². The van der Waals surface area contributed by atoms with Crippen molar-refractivity contribution in [2.24, 2.45) is 0 Å². The van der Waals surface area contributed by atoms with Crippen molar-refractivity contribution in [1.29, 1.82) is 0 Å². The molecule has 2 heterocycles. The summed E-state index contributed by atoms with van der Waals surface area (Å²) in [5, 5.41) is 7.80. The van der Waals surface area contributed by atoms with Gasteiger partial charge < -0.3 is 25.0 Å². The minimum atomic E-state index is -0.292. The number of amides is 3. The zero-order valence-electron chi connectivity index (χ0n) is 17.0. The van der Waals surface area contributed by atoms with Crippen molar-refractivity contribution in [1.82, 2.24) is 15.5 Å². The highest BCUT2D eigenvalue weighted by atomic mass is 32.1. The van der Waals surface area contributed by atoms with E-state index >= 15 is 0 Å². The molecule has 156 valence electrons. The zero-order valence-corrected chi connectivity index (χ0v) is 17.8. The fourth-order valence-corrected chi connectivity index (χ4v) is 4.15. The van der Waals surface area contributed by atoms with Gasteiger partial charge in [-0.3, -0.25) is 4.79 Å². The molecule has 3 amide bonds. The summed E-state index contributed by atoms with van der Waals surface area (Å²) in [6.45, 7) is 3.51. The molecule has 7 nitrogen and oxygen atoms in total. The van der Waals surface area contributed by atoms with Crippen LogP contribution in [0.5, 0.6) is 11.5 Å². The number of hydrogen-bond donors (Lipinski definition) is 2. The molecule has 1 atom stereocenters. The van der Waals surface area contributed by atoms with Crippen LogP contribution in [0.2, 0.25) is 0 Å². The smallest absolute Gasteiger partial charge is 0.317 e. The Labute approximate surface area is 175 Å². The van der Waals surface area contributed by atoms with Crippen molar-refractivity contribution in [2.75, 3.05) is 33.9 Å². The van der Waals surface area contributed by atoms with E-state index in [-0.39, 0.29) is 18.0 Å². The van der Waals surface area contributed by atoms with E-state index in [1.165, 1.54) is 11.3 Å². The second-order valence-electron chi connectivity index (χ2n) is 6.78. The van der Waals surface area contributed by atoms with E-state index in [0.29, 0.717) is 42.4 Å². The SMILES string of the molecule is CCCNC(=O)N1CCc2cc(OC)c(OC)cc2C1CNC(=O)c1cccs1. The summed E-state index contributed by atoms with van der Waals surface area (Å²) < 4.78 is 10.9. The molecule has 0 radical (unpaired) electrons. The number of hydrogen-bond acceptors (Lipinski definition) is 5. The molecule has 1 aromatic heterocycles. The highest BCUT2D eigenvalue weighted by Gasteiger charge is 2.32. The van der Waals surface area contributed by atoms with E-state index in [2.05, 4.69) is 10.6 Å². The van der Waals surface area contributed by atoms with Crippen molar-refractivity contribution >= 4 is 23.3 Å². The molecule has 1 aliphatic heterocycles. The predicted molar refractivity (Wildman–Crippen MR) is 113 cm³/mol. The first kappa shape index (κ1) is 21.0. The van der Waals surface area contributed by atoms with E-state index in [9.17, 15) is 9.59 Å². The molecule has 0 bridgehead atoms. The Morgan fingerprint density at radius 2 is 1.97 bits per heavy atom. The van der Waals surface area contributed by atoms with E-state index in [1.807, 2.05) is 30.5 Å². The molecule has 2 N–H and O–H groups in total. The maximum atomic E-state index is 12.8. The number of nitrogens with one attached hydrogen (secondary N) is 2. The molecule has 0 aliphatic carbocycles. The van der Waals surface area contributed by atoms with Crippen molar-refractivity contribution in [3.63, 3.8) is 0 Å². The number of carbonyl (C=O) groups excluding carboxylic acids is 2. The Morgan fingerprint density at radius 3 is 2.62 bits per heavy atom. The van der Waals surface area contributed by atoms with E-state index in [1.54, 1.807) is 25.2 Å². The molecule has 0 spiro atoms. The van der Waals surface area contributed by atoms with Gasteiger partial charge in [-0.25, -0.2) is 4.79 Å². The van der Waals surface area contributed by atoms with E-state index < -0.39 is 0 Å². The Morgan fingerprint density at radius 1 is 1.21 bits per heavy atom. The minimum Gasteiger partial charge on any atom is -0.493 e. The third kappa shape index (κ3) is 4.64. The van der Waals surface area contributed by atoms with Gasteiger partial charge in [0, 0.05) is 19.6 Å². The Balaban J connectivity index is 1.89. The topological polar surface area (TPSA) is 79.9 Å². The molecular formula is C21H27N3O4S. The lowest BCUT2D eigenvalue weighted by molar-refractivity contribution is 0.0938. The van der Waals surface area contributed by atoms with Crippen LogP contribution in [-0.4, -0.2) is 50.7 Å². The van der Waals surface area contributed by atoms with Crippen molar-refractivity contribution in [3.05, 3.63) is 45.6 Å². The van der Waals surface area contributed by atoms with Crippen molar-refractivity contribution < 1.29 is 19.1 Å². The number of ether oxygens (including phenoxy) is 2. The number of rotatable bonds is 7. The number of carbonyl (C=O) groups is 2. The van der Waals surface area contributed by atoms with Gasteiger partial charge in [-0.2, -0.15) is 0 Å². The molecule has 2 aromatic rings. The van der Waals surface area contributed by atoms with Gasteiger partial charge in [0.05, 0.1) is 25.1 Å². The summed E-state index contributed by atoms with van der Waals surface area (Å²) in [4.78, 5) is 27.7. The van der Waals surface area contributed by atoms with Crippen molar-refractivity contribution in [3.8, 4) is 11.5 Å². The lowest BCUT2D eigenvalue weighted by Gasteiger charge is -2.37. The molecule has 1 unspecified atom stereocenters. The first-order valence-corrected chi connectivity index (χ1v) is 10.6. The zero-order chi connectivity index (χ0) is 20.8. The number of methoxy groups -OCH3 is 2. The molecule has 1 aromatic carbocycles. The Hall–Kier alpha value is -2.74. The van der Waals surface area contributed by atoms with E-state index in [4.69, 9.17) is 9.47 Å². The first-order valence-electron chi connectivity index (χ1n) is 9.70. The molecule has 0 saturated carbocycles. The number of thiophene rings is 1. The van der Waals surface area contributed by atoms with Crippen LogP contribution < -0.4 is 20.1 Å². The monoisotopic (exact) mass is 417 g/mol. The van der Waals surface area contributed by atoms with Gasteiger partial charge in [0.25, 0.3) is 5.91 Å². The fraction of sp³-hybridized carbons (Fsp3) is 0.429. The third-order valence-electron chi connectivity index (χ3n) is 4.99. The summed E-state index contributed by atoms with van der Waals surface area (Å²) in [7, 11) is 3.20. The van der Waals surface area contributed by atoms with Gasteiger partial charge in [0.1, 0.15) is 0 Å². The van der Waals surface area contributed by atoms with Crippen LogP contribution in [0, 0.1) is 0 Å². The van der Waals surface area contributed by atoms with E-state index in [0.717, 1.165) is 17.5 Å². The van der Waals surface area contributed by atoms with Gasteiger partial charge in [-0.15, -0.1) is 11.3 Å². The average Bonchev–Trinajstić information content (AvgIpc) is 3.29. The summed E-state index contributed by atoms with van der Waals surface area (Å²) in [5.41, 5.74) is 2.06. The van der Waals surface area contributed by atoms with Gasteiger partial charge in [-0.05, 0) is 47.5 Å². The number of benzene rings is 1. The fourth-order valence-electron chi connectivity index (χ4n) is 3.51. The predicted octanol–water partition coefficient (Wildman–Crippen LogP) is 3.21. The average molecular weight is 418 g/mol. The molecule has 0 fully saturated rings. The number of fused-ring (bicyclic) bond motifs is 1. The Kier molecular flexibility index (Phi) is 6.98. The molecule has 3 rings (SSSR count). The first-order chi connectivity index (χ1) is 14.1. The second kappa shape index (κ2) is 9.65. The quantitative estimate of drug-likeness (QED) is 0.725. The summed E-state index contributed by atoms with van der Waals surface area (Å²) in [6.07, 6.45) is 1.57. The molecule has 8 heteroatoms. The van der Waals surface area contributed by atoms with Crippen LogP contribution in [0.1, 0.15) is 40.2 Å². The third-order valence-corrected chi connectivity index (χ3v) is 5.86.